The molecule has 2 aromatic carbocycles. The van der Waals surface area contributed by atoms with Crippen molar-refractivity contribution in [3.63, 3.8) is 0 Å². The molecule has 5 nitrogen and oxygen atoms in total. The van der Waals surface area contributed by atoms with Gasteiger partial charge in [-0.25, -0.2) is 0 Å². The standard InChI is InChI=1S/C23H24AsFN2O3.ClH/c1-14-21(15-5-4-6-16(11-15)22(28)26(2)3)19-12-17(23(29)30)7-8-20(19)27(14)13-18(25)9-10-24;/h4-9,11-12H,10,13,24H2,1-3H3,(H,29,30);1H. The van der Waals surface area contributed by atoms with Crippen molar-refractivity contribution >= 4 is 52.0 Å². The third-order valence-corrected chi connectivity index (χ3v) is 5.52. The second-order valence-electron chi connectivity index (χ2n) is 7.25. The number of halogens is 2. The van der Waals surface area contributed by atoms with Crippen molar-refractivity contribution in [2.75, 3.05) is 14.1 Å². The van der Waals surface area contributed by atoms with Crippen molar-refractivity contribution in [2.45, 2.75) is 18.7 Å². The summed E-state index contributed by atoms with van der Waals surface area (Å²) < 4.78 is 16.2. The van der Waals surface area contributed by atoms with E-state index in [2.05, 4.69) is 0 Å². The van der Waals surface area contributed by atoms with Gasteiger partial charge in [0.15, 0.2) is 0 Å². The third kappa shape index (κ3) is 5.03. The Hall–Kier alpha value is -2.56. The van der Waals surface area contributed by atoms with Crippen molar-refractivity contribution in [3.05, 3.63) is 71.2 Å². The maximum absolute atomic E-state index is 14.4. The number of benzene rings is 2. The molecule has 1 unspecified atom stereocenters. The van der Waals surface area contributed by atoms with Crippen molar-refractivity contribution in [3.8, 4) is 11.1 Å². The summed E-state index contributed by atoms with van der Waals surface area (Å²) in [5.74, 6) is -1.38. The molecule has 164 valence electrons. The fourth-order valence-corrected chi connectivity index (χ4v) is 4.13. The summed E-state index contributed by atoms with van der Waals surface area (Å²) in [7, 11) is 3.38. The first-order valence-corrected chi connectivity index (χ1v) is 11.2. The van der Waals surface area contributed by atoms with E-state index in [1.807, 2.05) is 17.6 Å². The van der Waals surface area contributed by atoms with E-state index in [1.165, 1.54) is 27.8 Å². The van der Waals surface area contributed by atoms with Crippen LogP contribution in [-0.2, 0) is 6.54 Å². The molecule has 0 aliphatic heterocycles. The number of carboxylic acids is 1. The molecule has 1 atom stereocenters. The fourth-order valence-electron chi connectivity index (χ4n) is 3.59. The summed E-state index contributed by atoms with van der Waals surface area (Å²) in [6.45, 7) is 1.97. The molecule has 0 saturated carbocycles. The largest absolute Gasteiger partial charge is 0.147 e. The van der Waals surface area contributed by atoms with Crippen LogP contribution in [-0.4, -0.2) is 57.4 Å². The van der Waals surface area contributed by atoms with Gasteiger partial charge in [-0.2, -0.15) is 0 Å². The maximum atomic E-state index is 14.4. The van der Waals surface area contributed by atoms with Gasteiger partial charge < -0.3 is 0 Å². The van der Waals surface area contributed by atoms with E-state index < -0.39 is 5.97 Å². The Kier molecular flexibility index (Phi) is 8.10. The quantitative estimate of drug-likeness (QED) is 0.506. The summed E-state index contributed by atoms with van der Waals surface area (Å²) in [5.41, 5.74) is 3.85. The fraction of sp³-hybridized carbons (Fsp3) is 0.217. The van der Waals surface area contributed by atoms with Gasteiger partial charge in [0.05, 0.1) is 0 Å². The molecule has 3 rings (SSSR count). The van der Waals surface area contributed by atoms with Gasteiger partial charge in [-0.05, 0) is 0 Å². The Morgan fingerprint density at radius 1 is 1.16 bits per heavy atom. The number of aromatic nitrogens is 1. The smallest absolute Gasteiger partial charge is 0.147 e. The number of hydrogen-bond donors (Lipinski definition) is 1. The number of nitrogens with zero attached hydrogens (tertiary/aromatic N) is 2. The van der Waals surface area contributed by atoms with Gasteiger partial charge in [0.1, 0.15) is 0 Å². The second kappa shape index (κ2) is 10.2. The summed E-state index contributed by atoms with van der Waals surface area (Å²) >= 11 is 1.43. The minimum Gasteiger partial charge on any atom is -0.147 e. The predicted octanol–water partition coefficient (Wildman–Crippen LogP) is 4.34. The number of carboxylic acid groups (broad SMARTS) is 1. The number of carbonyl (C=O) groups excluding carboxylic acids is 1. The first-order valence-electron chi connectivity index (χ1n) is 9.47. The van der Waals surface area contributed by atoms with Crippen molar-refractivity contribution in [2.24, 2.45) is 0 Å². The average Bonchev–Trinajstić information content (AvgIpc) is 2.98. The van der Waals surface area contributed by atoms with E-state index in [1.54, 1.807) is 50.5 Å². The molecule has 1 aromatic heterocycles. The first kappa shape index (κ1) is 24.7. The summed E-state index contributed by atoms with van der Waals surface area (Å²) in [6, 6.07) is 12.1. The molecule has 1 N–H and O–H groups in total. The van der Waals surface area contributed by atoms with E-state index in [-0.39, 0.29) is 36.2 Å². The number of allylic oxidation sites excluding steroid dienone is 2. The number of fused-ring (bicyclic) bond motifs is 1. The van der Waals surface area contributed by atoms with Crippen molar-refractivity contribution in [1.29, 1.82) is 0 Å². The normalized spacial score (nSPS) is 11.3. The second-order valence-corrected chi connectivity index (χ2v) is 8.24. The maximum Gasteiger partial charge on any atom is -0.147 e. The summed E-state index contributed by atoms with van der Waals surface area (Å²) in [4.78, 5) is 25.5. The van der Waals surface area contributed by atoms with Crippen molar-refractivity contribution < 1.29 is 19.1 Å². The zero-order valence-corrected chi connectivity index (χ0v) is 20.8. The monoisotopic (exact) mass is 506 g/mol. The topological polar surface area (TPSA) is 62.5 Å². The van der Waals surface area contributed by atoms with Crippen LogP contribution in [0.25, 0.3) is 22.0 Å². The van der Waals surface area contributed by atoms with Gasteiger partial charge >= 0.3 is 169 Å². The van der Waals surface area contributed by atoms with Crippen LogP contribution in [0.5, 0.6) is 0 Å². The van der Waals surface area contributed by atoms with Crippen LogP contribution in [0.4, 0.5) is 4.39 Å². The van der Waals surface area contributed by atoms with Gasteiger partial charge in [0.25, 0.3) is 0 Å². The van der Waals surface area contributed by atoms with Gasteiger partial charge in [-0.1, -0.05) is 0 Å². The molecule has 0 bridgehead atoms. The zero-order valence-electron chi connectivity index (χ0n) is 17.6. The molecule has 0 saturated heterocycles. The summed E-state index contributed by atoms with van der Waals surface area (Å²) in [6.07, 6.45) is 1.56. The number of aromatic carboxylic acids is 1. The Balaban J connectivity index is 0.00000341. The van der Waals surface area contributed by atoms with Gasteiger partial charge in [-0.3, -0.25) is 0 Å². The SMILES string of the molecule is Cc1c(-c2cccc(C(=O)N(C)C)c2)c2cc(C(=O)O)ccc2n1CC(F)=CC[AsH2].Cl. The number of rotatable bonds is 6. The molecule has 3 aromatic rings. The van der Waals surface area contributed by atoms with Crippen LogP contribution in [0, 0.1) is 6.92 Å². The van der Waals surface area contributed by atoms with E-state index in [0.29, 0.717) is 10.8 Å². The van der Waals surface area contributed by atoms with Crippen LogP contribution in [0.3, 0.4) is 0 Å². The molecule has 1 amide bonds. The molecule has 0 spiro atoms. The van der Waals surface area contributed by atoms with Crippen LogP contribution in [0.1, 0.15) is 26.4 Å². The molecule has 31 heavy (non-hydrogen) atoms. The first-order chi connectivity index (χ1) is 14.2. The molecule has 1 heterocycles. The molecule has 0 fully saturated rings. The minimum atomic E-state index is -1.02. The Morgan fingerprint density at radius 3 is 2.48 bits per heavy atom. The Bertz CT molecular complexity index is 1170. The molecule has 8 heteroatoms. The molecular weight excluding hydrogens is 482 g/mol. The van der Waals surface area contributed by atoms with Crippen LogP contribution in [0.15, 0.2) is 54.4 Å². The molecule has 0 radical (unpaired) electrons. The Labute approximate surface area is 195 Å². The van der Waals surface area contributed by atoms with Crippen LogP contribution in [0.2, 0.25) is 5.21 Å². The van der Waals surface area contributed by atoms with Gasteiger partial charge in [0.2, 0.25) is 0 Å². The van der Waals surface area contributed by atoms with Crippen LogP contribution < -0.4 is 0 Å². The predicted molar refractivity (Wildman–Crippen MR) is 127 cm³/mol. The summed E-state index contributed by atoms with van der Waals surface area (Å²) in [5, 5.41) is 10.8. The third-order valence-electron chi connectivity index (χ3n) is 5.02. The van der Waals surface area contributed by atoms with Gasteiger partial charge in [0, 0.05) is 14.1 Å². The minimum absolute atomic E-state index is 0. The number of hydrogen-bond acceptors (Lipinski definition) is 2. The molecule has 0 aliphatic rings. The van der Waals surface area contributed by atoms with Crippen LogP contribution >= 0.6 is 12.4 Å². The van der Waals surface area contributed by atoms with E-state index in [4.69, 9.17) is 0 Å². The average molecular weight is 507 g/mol. The Morgan fingerprint density at radius 2 is 1.87 bits per heavy atom. The van der Waals surface area contributed by atoms with Gasteiger partial charge in [-0.15, -0.1) is 12.4 Å². The zero-order chi connectivity index (χ0) is 22.0. The number of carbonyl (C=O) groups is 2. The van der Waals surface area contributed by atoms with E-state index >= 15 is 0 Å². The molecular formula is C23H25AsClFN2O3. The van der Waals surface area contributed by atoms with E-state index in [9.17, 15) is 19.1 Å². The van der Waals surface area contributed by atoms with Crippen molar-refractivity contribution in [1.82, 2.24) is 9.47 Å². The van der Waals surface area contributed by atoms with E-state index in [0.717, 1.165) is 27.7 Å². The number of amides is 1. The molecule has 0 aliphatic carbocycles.